The largest absolute Gasteiger partial charge is 0.379 e. The van der Waals surface area contributed by atoms with Gasteiger partial charge in [-0.05, 0) is 19.3 Å². The van der Waals surface area contributed by atoms with Crippen LogP contribution in [0.4, 0.5) is 0 Å². The van der Waals surface area contributed by atoms with Crippen LogP contribution < -0.4 is 0 Å². The second kappa shape index (κ2) is 8.97. The lowest BCUT2D eigenvalue weighted by atomic mass is 9.89. The smallest absolute Gasteiger partial charge is 0.235 e. The van der Waals surface area contributed by atoms with Crippen molar-refractivity contribution in [3.05, 3.63) is 18.3 Å². The molecule has 2 aromatic heterocycles. The van der Waals surface area contributed by atoms with Crippen LogP contribution in [-0.2, 0) is 24.9 Å². The van der Waals surface area contributed by atoms with Crippen molar-refractivity contribution in [3.63, 3.8) is 0 Å². The molecule has 0 radical (unpaired) electrons. The van der Waals surface area contributed by atoms with Crippen molar-refractivity contribution in [2.45, 2.75) is 44.1 Å². The summed E-state index contributed by atoms with van der Waals surface area (Å²) in [5.74, 6) is 0.810. The maximum atomic E-state index is 5.83. The number of aromatic nitrogens is 4. The Balaban J connectivity index is 1.44. The predicted molar refractivity (Wildman–Crippen MR) is 107 cm³/mol. The van der Waals surface area contributed by atoms with Crippen molar-refractivity contribution in [3.8, 4) is 0 Å². The van der Waals surface area contributed by atoms with Gasteiger partial charge in [0.05, 0.1) is 33.0 Å². The number of rotatable bonds is 8. The average Bonchev–Trinajstić information content (AvgIpc) is 3.23. The van der Waals surface area contributed by atoms with Crippen LogP contribution in [0.15, 0.2) is 12.5 Å². The zero-order chi connectivity index (χ0) is 17.9. The van der Waals surface area contributed by atoms with E-state index in [1.165, 1.54) is 0 Å². The molecule has 2 aromatic rings. The highest BCUT2D eigenvalue weighted by Gasteiger charge is 2.34. The van der Waals surface area contributed by atoms with Gasteiger partial charge in [0, 0.05) is 12.6 Å². The first kappa shape index (κ1) is 19.3. The maximum absolute atomic E-state index is 5.83. The van der Waals surface area contributed by atoms with Gasteiger partial charge in [-0.2, -0.15) is 0 Å². The third-order valence-electron chi connectivity index (χ3n) is 4.51. The number of hydrogen-bond acceptors (Lipinski definition) is 9. The van der Waals surface area contributed by atoms with E-state index in [2.05, 4.69) is 44.0 Å². The zero-order valence-corrected chi connectivity index (χ0v) is 17.6. The lowest BCUT2D eigenvalue weighted by molar-refractivity contribution is 0.0858. The van der Waals surface area contributed by atoms with E-state index in [4.69, 9.17) is 18.3 Å². The Morgan fingerprint density at radius 1 is 1.38 bits per heavy atom. The fraction of sp³-hybridized carbons (Fsp3) is 0.643. The van der Waals surface area contributed by atoms with Crippen LogP contribution in [0.3, 0.4) is 0 Å². The molecule has 26 heavy (non-hydrogen) atoms. The molecule has 1 aliphatic heterocycles. The highest BCUT2D eigenvalue weighted by Crippen LogP contribution is 2.47. The molecule has 0 spiro atoms. The molecule has 3 atom stereocenters. The first-order valence-corrected chi connectivity index (χ1v) is 12.9. The van der Waals surface area contributed by atoms with Crippen molar-refractivity contribution in [2.24, 2.45) is 0 Å². The first-order chi connectivity index (χ1) is 12.7. The molecule has 3 heterocycles. The van der Waals surface area contributed by atoms with Crippen LogP contribution in [-0.4, -0.2) is 44.9 Å². The lowest BCUT2D eigenvalue weighted by Gasteiger charge is -2.36. The summed E-state index contributed by atoms with van der Waals surface area (Å²) in [6, 6.07) is 0.290. The number of thiol groups is 2. The maximum Gasteiger partial charge on any atom is 0.235 e. The van der Waals surface area contributed by atoms with Crippen molar-refractivity contribution in [1.82, 2.24) is 19.5 Å². The third-order valence-corrected chi connectivity index (χ3v) is 6.73. The molecular formula is C14H20N4O4P2S2. The molecule has 0 amide bonds. The molecule has 1 aliphatic carbocycles. The van der Waals surface area contributed by atoms with Gasteiger partial charge in [0.15, 0.2) is 5.65 Å². The first-order valence-electron chi connectivity index (χ1n) is 8.32. The molecule has 4 rings (SSSR count). The van der Waals surface area contributed by atoms with Crippen molar-refractivity contribution >= 4 is 51.2 Å². The third kappa shape index (κ3) is 4.33. The van der Waals surface area contributed by atoms with E-state index in [-0.39, 0.29) is 20.2 Å². The SMILES string of the molecule is SPOC1CC(n2c(COP(S)OC3CCOC3)nc3cncnc32)C1. The summed E-state index contributed by atoms with van der Waals surface area (Å²) in [5.41, 5.74) is 1.59. The molecule has 2 aliphatic rings. The summed E-state index contributed by atoms with van der Waals surface area (Å²) < 4.78 is 24.6. The quantitative estimate of drug-likeness (QED) is 0.487. The van der Waals surface area contributed by atoms with Crippen LogP contribution >= 0.6 is 40.1 Å². The van der Waals surface area contributed by atoms with Gasteiger partial charge < -0.3 is 22.9 Å². The average molecular weight is 434 g/mol. The van der Waals surface area contributed by atoms with E-state index in [0.717, 1.165) is 42.9 Å². The van der Waals surface area contributed by atoms with E-state index in [0.29, 0.717) is 19.3 Å². The second-order valence-corrected chi connectivity index (χ2v) is 9.08. The number of ether oxygens (including phenoxy) is 1. The molecule has 142 valence electrons. The molecule has 1 saturated carbocycles. The van der Waals surface area contributed by atoms with Crippen molar-refractivity contribution in [2.75, 3.05) is 13.2 Å². The van der Waals surface area contributed by atoms with Gasteiger partial charge in [-0.15, -0.1) is 12.2 Å². The van der Waals surface area contributed by atoms with Gasteiger partial charge in [-0.25, -0.2) is 15.0 Å². The van der Waals surface area contributed by atoms with Crippen molar-refractivity contribution in [1.29, 1.82) is 0 Å². The molecule has 2 fully saturated rings. The fourth-order valence-corrected chi connectivity index (χ4v) is 5.24. The summed E-state index contributed by atoms with van der Waals surface area (Å²) in [6.07, 6.45) is 6.29. The Labute approximate surface area is 164 Å². The number of hydrogen-bond donors (Lipinski definition) is 2. The summed E-state index contributed by atoms with van der Waals surface area (Å²) in [6.45, 7) is 1.65. The number of nitrogens with zero attached hydrogens (tertiary/aromatic N) is 4. The van der Waals surface area contributed by atoms with Gasteiger partial charge in [0.2, 0.25) is 7.58 Å². The van der Waals surface area contributed by atoms with Crippen LogP contribution in [0.2, 0.25) is 0 Å². The summed E-state index contributed by atoms with van der Waals surface area (Å²) >= 11 is 8.59. The van der Waals surface area contributed by atoms with E-state index in [1.807, 2.05) is 0 Å². The minimum Gasteiger partial charge on any atom is -0.379 e. The van der Waals surface area contributed by atoms with Gasteiger partial charge in [0.1, 0.15) is 24.3 Å². The van der Waals surface area contributed by atoms with Gasteiger partial charge >= 0.3 is 0 Å². The minimum absolute atomic E-state index is 0.0647. The molecule has 12 heteroatoms. The molecule has 0 bridgehead atoms. The fourth-order valence-electron chi connectivity index (χ4n) is 3.17. The van der Waals surface area contributed by atoms with E-state index >= 15 is 0 Å². The second-order valence-electron chi connectivity index (χ2n) is 6.19. The van der Waals surface area contributed by atoms with Crippen LogP contribution in [0.25, 0.3) is 11.2 Å². The van der Waals surface area contributed by atoms with Gasteiger partial charge in [-0.1, -0.05) is 12.2 Å². The van der Waals surface area contributed by atoms with E-state index in [1.54, 1.807) is 12.5 Å². The topological polar surface area (TPSA) is 80.5 Å². The number of fused-ring (bicyclic) bond motifs is 1. The lowest BCUT2D eigenvalue weighted by Crippen LogP contribution is -2.32. The Kier molecular flexibility index (Phi) is 6.65. The molecule has 8 nitrogen and oxygen atoms in total. The van der Waals surface area contributed by atoms with E-state index < -0.39 is 7.58 Å². The van der Waals surface area contributed by atoms with Crippen LogP contribution in [0.1, 0.15) is 31.1 Å². The molecular weight excluding hydrogens is 414 g/mol. The Morgan fingerprint density at radius 3 is 3.04 bits per heavy atom. The monoisotopic (exact) mass is 434 g/mol. The summed E-state index contributed by atoms with van der Waals surface area (Å²) in [4.78, 5) is 13.1. The Morgan fingerprint density at radius 2 is 2.27 bits per heavy atom. The Bertz CT molecular complexity index is 743. The minimum atomic E-state index is -1.29. The van der Waals surface area contributed by atoms with Gasteiger partial charge in [-0.3, -0.25) is 0 Å². The molecule has 3 unspecified atom stereocenters. The van der Waals surface area contributed by atoms with Crippen LogP contribution in [0.5, 0.6) is 0 Å². The summed E-state index contributed by atoms with van der Waals surface area (Å²) in [7, 11) is -1.07. The Hall–Kier alpha value is -0.0500. The van der Waals surface area contributed by atoms with Gasteiger partial charge in [0.25, 0.3) is 0 Å². The highest BCUT2D eigenvalue weighted by molar-refractivity contribution is 8.41. The van der Waals surface area contributed by atoms with Crippen LogP contribution in [0, 0.1) is 0 Å². The predicted octanol–water partition coefficient (Wildman–Crippen LogP) is 3.46. The summed E-state index contributed by atoms with van der Waals surface area (Å²) in [5, 5.41) is 0. The number of imidazole rings is 1. The van der Waals surface area contributed by atoms with E-state index in [9.17, 15) is 0 Å². The molecule has 0 aromatic carbocycles. The van der Waals surface area contributed by atoms with Crippen molar-refractivity contribution < 1.29 is 18.3 Å². The molecule has 0 N–H and O–H groups in total. The normalized spacial score (nSPS) is 27.4. The standard InChI is InChI=1S/C14H20N4O4P2S2/c25-23-21-11-3-9(4-11)18-13(17-12-5-15-8-16-14(12)18)7-20-24(26)22-10-1-2-19-6-10/h5,8-11,23,25-26H,1-4,6-7H2. The molecule has 1 saturated heterocycles. The highest BCUT2D eigenvalue weighted by atomic mass is 32.7. The zero-order valence-electron chi connectivity index (χ0n) is 13.9.